The van der Waals surface area contributed by atoms with Crippen LogP contribution in [0, 0.1) is 0 Å². The fraction of sp³-hybridized carbons (Fsp3) is 0.750. The summed E-state index contributed by atoms with van der Waals surface area (Å²) in [6.45, 7) is 8.17. The zero-order valence-corrected chi connectivity index (χ0v) is 20.6. The van der Waals surface area contributed by atoms with Crippen molar-refractivity contribution in [2.45, 2.75) is 63.9 Å². The van der Waals surface area contributed by atoms with Crippen LogP contribution in [0.5, 0.6) is 5.75 Å². The molecule has 9 nitrogen and oxygen atoms in total. The minimum absolute atomic E-state index is 0.379. The van der Waals surface area contributed by atoms with Gasteiger partial charge in [-0.3, -0.25) is 16.4 Å². The Bertz CT molecular complexity index is 766. The maximum atomic E-state index is 12.8. The molecule has 1 aromatic carbocycles. The number of hydrogen-bond donors (Lipinski definition) is 3. The van der Waals surface area contributed by atoms with Gasteiger partial charge in [0.05, 0.1) is 0 Å². The predicted octanol–water partition coefficient (Wildman–Crippen LogP) is 1.11. The minimum Gasteiger partial charge on any atom is -0.463 e. The molecular formula is C24H43FN8O. The van der Waals surface area contributed by atoms with Gasteiger partial charge in [0.25, 0.3) is 0 Å². The fourth-order valence-electron chi connectivity index (χ4n) is 5.76. The van der Waals surface area contributed by atoms with Crippen molar-refractivity contribution < 1.29 is 9.13 Å². The molecular weight excluding hydrogens is 435 g/mol. The zero-order chi connectivity index (χ0) is 24.1. The molecule has 0 spiro atoms. The third kappa shape index (κ3) is 5.64. The fourth-order valence-corrected chi connectivity index (χ4v) is 5.76. The van der Waals surface area contributed by atoms with Gasteiger partial charge < -0.3 is 20.3 Å². The molecule has 0 aromatic heterocycles. The number of alkyl halides is 1. The summed E-state index contributed by atoms with van der Waals surface area (Å²) >= 11 is 0. The van der Waals surface area contributed by atoms with Gasteiger partial charge in [-0.05, 0) is 64.0 Å². The predicted molar refractivity (Wildman–Crippen MR) is 133 cm³/mol. The van der Waals surface area contributed by atoms with E-state index in [1.54, 1.807) is 12.1 Å². The van der Waals surface area contributed by atoms with Crippen LogP contribution in [0.25, 0.3) is 0 Å². The number of piperidine rings is 1. The number of ether oxygens (including phenoxy) is 1. The van der Waals surface area contributed by atoms with E-state index in [0.717, 1.165) is 57.9 Å². The minimum atomic E-state index is -0.880. The second-order valence-corrected chi connectivity index (χ2v) is 9.66. The first-order chi connectivity index (χ1) is 16.5. The van der Waals surface area contributed by atoms with Crippen molar-refractivity contribution >= 4 is 5.69 Å². The van der Waals surface area contributed by atoms with Crippen LogP contribution in [0.3, 0.4) is 0 Å². The molecule has 3 aliphatic heterocycles. The van der Waals surface area contributed by atoms with Crippen LogP contribution in [-0.2, 0) is 0 Å². The number of nitrogens with two attached hydrogens (primary N) is 3. The van der Waals surface area contributed by atoms with Gasteiger partial charge in [0.2, 0.25) is 6.86 Å². The topological polar surface area (TPSA) is 103 Å². The van der Waals surface area contributed by atoms with E-state index >= 15 is 0 Å². The van der Waals surface area contributed by atoms with Gasteiger partial charge >= 0.3 is 0 Å². The zero-order valence-electron chi connectivity index (χ0n) is 20.6. The highest BCUT2D eigenvalue weighted by Crippen LogP contribution is 2.30. The Morgan fingerprint density at radius 3 is 2.44 bits per heavy atom. The number of likely N-dealkylation sites (tertiary alicyclic amines) is 2. The first kappa shape index (κ1) is 25.6. The van der Waals surface area contributed by atoms with Crippen molar-refractivity contribution in [1.29, 1.82) is 0 Å². The molecule has 3 fully saturated rings. The highest BCUT2D eigenvalue weighted by Gasteiger charge is 2.43. The van der Waals surface area contributed by atoms with Crippen LogP contribution in [0.15, 0.2) is 24.3 Å². The van der Waals surface area contributed by atoms with Crippen molar-refractivity contribution in [3.63, 3.8) is 0 Å². The molecule has 6 N–H and O–H groups in total. The van der Waals surface area contributed by atoms with Crippen molar-refractivity contribution in [2.75, 3.05) is 57.6 Å². The van der Waals surface area contributed by atoms with Gasteiger partial charge in [0.15, 0.2) is 0 Å². The molecule has 4 atom stereocenters. The molecule has 4 unspecified atom stereocenters. The molecule has 3 aliphatic rings. The smallest absolute Gasteiger partial charge is 0.228 e. The van der Waals surface area contributed by atoms with Gasteiger partial charge in [-0.1, -0.05) is 19.4 Å². The van der Waals surface area contributed by atoms with Crippen molar-refractivity contribution in [1.82, 2.24) is 19.6 Å². The molecule has 3 heterocycles. The number of anilines is 1. The van der Waals surface area contributed by atoms with Gasteiger partial charge in [0.1, 0.15) is 24.6 Å². The largest absolute Gasteiger partial charge is 0.463 e. The van der Waals surface area contributed by atoms with E-state index < -0.39 is 19.4 Å². The van der Waals surface area contributed by atoms with Crippen LogP contribution in [0.1, 0.15) is 39.0 Å². The molecule has 0 radical (unpaired) electrons. The van der Waals surface area contributed by atoms with E-state index in [1.165, 1.54) is 25.7 Å². The van der Waals surface area contributed by atoms with Crippen molar-refractivity contribution in [3.05, 3.63) is 24.3 Å². The maximum absolute atomic E-state index is 12.8. The van der Waals surface area contributed by atoms with Crippen LogP contribution in [0.4, 0.5) is 10.1 Å². The second-order valence-electron chi connectivity index (χ2n) is 9.66. The van der Waals surface area contributed by atoms with Crippen LogP contribution < -0.4 is 26.8 Å². The summed E-state index contributed by atoms with van der Waals surface area (Å²) in [5.41, 5.74) is 21.3. The summed E-state index contributed by atoms with van der Waals surface area (Å²) in [5.74, 6) is 0.452. The van der Waals surface area contributed by atoms with Crippen LogP contribution >= 0.6 is 0 Å². The highest BCUT2D eigenvalue weighted by atomic mass is 19.1. The van der Waals surface area contributed by atoms with Gasteiger partial charge in [-0.2, -0.15) is 0 Å². The Morgan fingerprint density at radius 1 is 0.941 bits per heavy atom. The monoisotopic (exact) mass is 478 g/mol. The lowest BCUT2D eigenvalue weighted by molar-refractivity contribution is -0.0707. The number of hydrogen-bond acceptors (Lipinski definition) is 9. The normalized spacial score (nSPS) is 30.2. The molecule has 10 heteroatoms. The molecule has 0 bridgehead atoms. The van der Waals surface area contributed by atoms with E-state index in [-0.39, 0.29) is 6.29 Å². The Labute approximate surface area is 203 Å². The number of benzene rings is 1. The lowest BCUT2D eigenvalue weighted by atomic mass is 10.1. The molecule has 192 valence electrons. The molecule has 34 heavy (non-hydrogen) atoms. The quantitative estimate of drug-likeness (QED) is 0.482. The Balaban J connectivity index is 1.57. The summed E-state index contributed by atoms with van der Waals surface area (Å²) in [4.78, 5) is 11.3. The molecule has 4 rings (SSSR count). The molecule has 0 aliphatic carbocycles. The summed E-state index contributed by atoms with van der Waals surface area (Å²) in [6, 6.07) is 7.73. The summed E-state index contributed by atoms with van der Waals surface area (Å²) < 4.78 is 17.9. The maximum Gasteiger partial charge on any atom is 0.228 e. The van der Waals surface area contributed by atoms with E-state index in [9.17, 15) is 4.39 Å². The first-order valence-electron chi connectivity index (χ1n) is 12.8. The van der Waals surface area contributed by atoms with Crippen LogP contribution in [-0.4, -0.2) is 97.2 Å². The second kappa shape index (κ2) is 11.9. The van der Waals surface area contributed by atoms with E-state index in [1.807, 2.05) is 17.0 Å². The van der Waals surface area contributed by atoms with E-state index in [4.69, 9.17) is 21.9 Å². The van der Waals surface area contributed by atoms with Gasteiger partial charge in [0, 0.05) is 37.4 Å². The lowest BCUT2D eigenvalue weighted by Crippen LogP contribution is -2.79. The number of halogens is 1. The third-order valence-corrected chi connectivity index (χ3v) is 7.72. The van der Waals surface area contributed by atoms with Crippen molar-refractivity contribution in [3.8, 4) is 5.75 Å². The lowest BCUT2D eigenvalue weighted by Gasteiger charge is -2.56. The SMILES string of the molecule is CCN1CCCC1CN1C(N)N(CCN2CCCCC2)C(N)N(c2cccc(OCF)c2)C1N. The first-order valence-corrected chi connectivity index (χ1v) is 12.8. The molecule has 0 saturated carbocycles. The number of likely N-dealkylation sites (N-methyl/N-ethyl adjacent to an activating group) is 1. The van der Waals surface area contributed by atoms with Crippen LogP contribution in [0.2, 0.25) is 0 Å². The Hall–Kier alpha value is -1.53. The number of rotatable bonds is 9. The average molecular weight is 479 g/mol. The standard InChI is InChI=1S/C24H43FN8O/c1-2-30-13-7-9-20(30)17-32-22(26)31(15-14-29-11-4-3-5-12-29)23(27)33(24(32)28)19-8-6-10-21(16-19)34-18-25/h6,8,10,16,20,22-24H,2-5,7,9,11-15,17-18,26-28H2,1H3. The Kier molecular flexibility index (Phi) is 8.97. The van der Waals surface area contributed by atoms with Crippen molar-refractivity contribution in [2.24, 2.45) is 17.2 Å². The van der Waals surface area contributed by atoms with E-state index in [2.05, 4.69) is 26.5 Å². The van der Waals surface area contributed by atoms with E-state index in [0.29, 0.717) is 11.8 Å². The van der Waals surface area contributed by atoms with Gasteiger partial charge in [-0.15, -0.1) is 0 Å². The third-order valence-electron chi connectivity index (χ3n) is 7.72. The summed E-state index contributed by atoms with van der Waals surface area (Å²) in [7, 11) is 0. The average Bonchev–Trinajstić information content (AvgIpc) is 3.30. The summed E-state index contributed by atoms with van der Waals surface area (Å²) in [5, 5.41) is 0. The van der Waals surface area contributed by atoms with Gasteiger partial charge in [-0.25, -0.2) is 14.2 Å². The number of nitrogens with zero attached hydrogens (tertiary/aromatic N) is 5. The molecule has 1 aromatic rings. The highest BCUT2D eigenvalue weighted by molar-refractivity contribution is 5.52. The molecule has 3 saturated heterocycles. The summed E-state index contributed by atoms with van der Waals surface area (Å²) in [6.07, 6.45) is 4.76. The molecule has 0 amide bonds. The Morgan fingerprint density at radius 2 is 1.71 bits per heavy atom.